The summed E-state index contributed by atoms with van der Waals surface area (Å²) in [6, 6.07) is 0. The predicted octanol–water partition coefficient (Wildman–Crippen LogP) is 3.15. The van der Waals surface area contributed by atoms with Gasteiger partial charge in [0, 0.05) is 5.54 Å². The minimum atomic E-state index is 0.425. The van der Waals surface area contributed by atoms with E-state index in [0.717, 1.165) is 12.5 Å². The molecule has 0 N–H and O–H groups in total. The number of hydrogen-bond acceptors (Lipinski definition) is 1. The van der Waals surface area contributed by atoms with Gasteiger partial charge in [-0.15, -0.1) is 0 Å². The lowest BCUT2D eigenvalue weighted by Gasteiger charge is -2.44. The molecule has 0 rings (SSSR count). The second kappa shape index (κ2) is 4.86. The molecule has 0 unspecified atom stereocenters. The summed E-state index contributed by atoms with van der Waals surface area (Å²) in [7, 11) is 2.24. The van der Waals surface area contributed by atoms with Crippen molar-refractivity contribution in [3.63, 3.8) is 0 Å². The third-order valence-electron chi connectivity index (χ3n) is 3.53. The Labute approximate surface area is 78.1 Å². The molecule has 0 bridgehead atoms. The molecule has 0 amide bonds. The van der Waals surface area contributed by atoms with E-state index in [4.69, 9.17) is 0 Å². The summed E-state index contributed by atoms with van der Waals surface area (Å²) in [6.07, 6.45) is 2.51. The van der Waals surface area contributed by atoms with Crippen LogP contribution >= 0.6 is 0 Å². The molecule has 0 aliphatic rings. The number of hydrogen-bond donors (Lipinski definition) is 0. The van der Waals surface area contributed by atoms with Gasteiger partial charge >= 0.3 is 0 Å². The van der Waals surface area contributed by atoms with E-state index >= 15 is 0 Å². The van der Waals surface area contributed by atoms with E-state index in [1.807, 2.05) is 0 Å². The summed E-state index contributed by atoms with van der Waals surface area (Å²) < 4.78 is 0. The van der Waals surface area contributed by atoms with Crippen molar-refractivity contribution in [3.05, 3.63) is 0 Å². The van der Waals surface area contributed by atoms with Crippen LogP contribution in [0.25, 0.3) is 0 Å². The summed E-state index contributed by atoms with van der Waals surface area (Å²) in [5, 5.41) is 0. The maximum atomic E-state index is 2.50. The minimum absolute atomic E-state index is 0.425. The fourth-order valence-electron chi connectivity index (χ4n) is 2.36. The monoisotopic (exact) mass is 171 g/mol. The Balaban J connectivity index is 4.56. The van der Waals surface area contributed by atoms with E-state index in [9.17, 15) is 0 Å². The summed E-state index contributed by atoms with van der Waals surface area (Å²) in [4.78, 5) is 2.50. The third-order valence-corrected chi connectivity index (χ3v) is 3.53. The van der Waals surface area contributed by atoms with Crippen LogP contribution in [0.1, 0.15) is 47.5 Å². The molecule has 0 aromatic carbocycles. The Morgan fingerprint density at radius 2 is 1.50 bits per heavy atom. The van der Waals surface area contributed by atoms with E-state index in [0.29, 0.717) is 5.54 Å². The number of rotatable bonds is 5. The normalized spacial score (nSPS) is 13.0. The number of nitrogens with zero attached hydrogens (tertiary/aromatic N) is 1. The molecule has 0 aromatic heterocycles. The van der Waals surface area contributed by atoms with Gasteiger partial charge in [0.25, 0.3) is 0 Å². The largest absolute Gasteiger partial charge is 0.301 e. The molecule has 0 aliphatic carbocycles. The van der Waals surface area contributed by atoms with Crippen molar-refractivity contribution in [2.75, 3.05) is 13.6 Å². The van der Waals surface area contributed by atoms with Crippen LogP contribution in [0, 0.1) is 5.92 Å². The van der Waals surface area contributed by atoms with Gasteiger partial charge in [-0.05, 0) is 32.4 Å². The zero-order chi connectivity index (χ0) is 9.78. The average molecular weight is 171 g/mol. The van der Waals surface area contributed by atoms with Crippen LogP contribution in [0.4, 0.5) is 0 Å². The Hall–Kier alpha value is -0.0400. The van der Waals surface area contributed by atoms with E-state index in [1.165, 1.54) is 12.8 Å². The van der Waals surface area contributed by atoms with Gasteiger partial charge in [0.15, 0.2) is 0 Å². The molecule has 0 saturated heterocycles. The van der Waals surface area contributed by atoms with Gasteiger partial charge < -0.3 is 4.90 Å². The standard InChI is InChI=1S/C11H25N/c1-7-11(8-2,10(4)5)12(6)9-3/h10H,7-9H2,1-6H3. The van der Waals surface area contributed by atoms with Crippen LogP contribution in [0.2, 0.25) is 0 Å². The zero-order valence-electron chi connectivity index (χ0n) is 9.65. The highest BCUT2D eigenvalue weighted by atomic mass is 15.2. The van der Waals surface area contributed by atoms with Gasteiger partial charge in [-0.2, -0.15) is 0 Å². The van der Waals surface area contributed by atoms with Crippen LogP contribution in [0.5, 0.6) is 0 Å². The summed E-state index contributed by atoms with van der Waals surface area (Å²) >= 11 is 0. The third kappa shape index (κ3) is 2.01. The zero-order valence-corrected chi connectivity index (χ0v) is 9.65. The molecule has 12 heavy (non-hydrogen) atoms. The topological polar surface area (TPSA) is 3.24 Å². The van der Waals surface area contributed by atoms with Crippen molar-refractivity contribution < 1.29 is 0 Å². The van der Waals surface area contributed by atoms with Gasteiger partial charge in [0.05, 0.1) is 0 Å². The fourth-order valence-corrected chi connectivity index (χ4v) is 2.36. The lowest BCUT2D eigenvalue weighted by atomic mass is 9.80. The molecular weight excluding hydrogens is 146 g/mol. The van der Waals surface area contributed by atoms with E-state index in [-0.39, 0.29) is 0 Å². The molecular formula is C11H25N. The van der Waals surface area contributed by atoms with Crippen molar-refractivity contribution in [2.45, 2.75) is 53.0 Å². The van der Waals surface area contributed by atoms with Gasteiger partial charge in [-0.1, -0.05) is 34.6 Å². The first-order chi connectivity index (χ1) is 5.55. The van der Waals surface area contributed by atoms with Gasteiger partial charge in [-0.25, -0.2) is 0 Å². The lowest BCUT2D eigenvalue weighted by Crippen LogP contribution is -2.49. The smallest absolute Gasteiger partial charge is 0.0224 e. The summed E-state index contributed by atoms with van der Waals surface area (Å²) in [5.74, 6) is 0.748. The highest BCUT2D eigenvalue weighted by molar-refractivity contribution is 4.89. The molecule has 0 aromatic rings. The molecule has 0 radical (unpaired) electrons. The molecule has 1 heteroatoms. The Kier molecular flexibility index (Phi) is 4.84. The van der Waals surface area contributed by atoms with Crippen LogP contribution in [0.15, 0.2) is 0 Å². The molecule has 0 aliphatic heterocycles. The lowest BCUT2D eigenvalue weighted by molar-refractivity contribution is 0.0650. The Morgan fingerprint density at radius 3 is 1.58 bits per heavy atom. The molecule has 0 heterocycles. The molecule has 0 saturated carbocycles. The van der Waals surface area contributed by atoms with Gasteiger partial charge in [0.1, 0.15) is 0 Å². The molecule has 0 atom stereocenters. The highest BCUT2D eigenvalue weighted by Crippen LogP contribution is 2.30. The van der Waals surface area contributed by atoms with Crippen molar-refractivity contribution >= 4 is 0 Å². The quantitative estimate of drug-likeness (QED) is 0.614. The SMILES string of the molecule is CCN(C)C(CC)(CC)C(C)C. The van der Waals surface area contributed by atoms with E-state index in [1.54, 1.807) is 0 Å². The van der Waals surface area contributed by atoms with Crippen molar-refractivity contribution in [2.24, 2.45) is 5.92 Å². The van der Waals surface area contributed by atoms with Gasteiger partial charge in [-0.3, -0.25) is 0 Å². The first kappa shape index (κ1) is 12.0. The van der Waals surface area contributed by atoms with E-state index in [2.05, 4.69) is 46.6 Å². The van der Waals surface area contributed by atoms with Crippen LogP contribution in [-0.4, -0.2) is 24.0 Å². The fraction of sp³-hybridized carbons (Fsp3) is 1.00. The maximum absolute atomic E-state index is 2.50. The molecule has 0 fully saturated rings. The average Bonchev–Trinajstić information content (AvgIpc) is 2.06. The van der Waals surface area contributed by atoms with Gasteiger partial charge in [0.2, 0.25) is 0 Å². The van der Waals surface area contributed by atoms with Crippen LogP contribution < -0.4 is 0 Å². The van der Waals surface area contributed by atoms with Crippen molar-refractivity contribution in [3.8, 4) is 0 Å². The minimum Gasteiger partial charge on any atom is -0.301 e. The van der Waals surface area contributed by atoms with Crippen molar-refractivity contribution in [1.82, 2.24) is 4.90 Å². The van der Waals surface area contributed by atoms with E-state index < -0.39 is 0 Å². The first-order valence-electron chi connectivity index (χ1n) is 5.26. The predicted molar refractivity (Wildman–Crippen MR) is 56.5 cm³/mol. The molecule has 1 nitrogen and oxygen atoms in total. The second-order valence-electron chi connectivity index (χ2n) is 3.98. The van der Waals surface area contributed by atoms with Crippen LogP contribution in [-0.2, 0) is 0 Å². The maximum Gasteiger partial charge on any atom is 0.0224 e. The van der Waals surface area contributed by atoms with Crippen LogP contribution in [0.3, 0.4) is 0 Å². The second-order valence-corrected chi connectivity index (χ2v) is 3.98. The van der Waals surface area contributed by atoms with Crippen molar-refractivity contribution in [1.29, 1.82) is 0 Å². The first-order valence-corrected chi connectivity index (χ1v) is 5.26. The Bertz CT molecular complexity index is 114. The summed E-state index contributed by atoms with van der Waals surface area (Å²) in [5.41, 5.74) is 0.425. The molecule has 74 valence electrons. The molecule has 0 spiro atoms. The summed E-state index contributed by atoms with van der Waals surface area (Å²) in [6.45, 7) is 12.7. The highest BCUT2D eigenvalue weighted by Gasteiger charge is 2.32. The Morgan fingerprint density at radius 1 is 1.08 bits per heavy atom.